The normalized spacial score (nSPS) is 16.9. The average molecular weight is 603 g/mol. The smallest absolute Gasteiger partial charge is 0.320 e. The largest absolute Gasteiger partial charge is 0.380 e. The second-order valence-corrected chi connectivity index (χ2v) is 13.8. The first-order valence-corrected chi connectivity index (χ1v) is 16.1. The minimum absolute atomic E-state index is 0.000716. The van der Waals surface area contributed by atoms with E-state index in [4.69, 9.17) is 11.6 Å². The van der Waals surface area contributed by atoms with Crippen molar-refractivity contribution in [1.82, 2.24) is 19.2 Å². The van der Waals surface area contributed by atoms with Crippen LogP contribution in [0.1, 0.15) is 48.9 Å². The first-order chi connectivity index (χ1) is 19.1. The summed E-state index contributed by atoms with van der Waals surface area (Å²) in [6.45, 7) is 2.92. The van der Waals surface area contributed by atoms with Gasteiger partial charge in [0.05, 0.1) is 41.5 Å². The van der Waals surface area contributed by atoms with Gasteiger partial charge in [0.25, 0.3) is 0 Å². The molecule has 0 saturated carbocycles. The van der Waals surface area contributed by atoms with Gasteiger partial charge >= 0.3 is 5.91 Å². The molecule has 1 fully saturated rings. The summed E-state index contributed by atoms with van der Waals surface area (Å²) in [7, 11) is -0.221. The highest BCUT2D eigenvalue weighted by Gasteiger charge is 2.46. The van der Waals surface area contributed by atoms with E-state index in [1.54, 1.807) is 49.5 Å². The molecule has 0 aliphatic carbocycles. The molecule has 2 aromatic carbocycles. The molecule has 9 nitrogen and oxygen atoms in total. The van der Waals surface area contributed by atoms with Gasteiger partial charge in [-0.05, 0) is 78.6 Å². The summed E-state index contributed by atoms with van der Waals surface area (Å²) in [5, 5.41) is 21.4. The number of nitrogens with zero attached hydrogens (tertiary/aromatic N) is 4. The number of aliphatic hydroxyl groups excluding tert-OH is 1. The van der Waals surface area contributed by atoms with Crippen LogP contribution in [0.2, 0.25) is 5.02 Å². The molecule has 1 aliphatic heterocycles. The van der Waals surface area contributed by atoms with E-state index in [9.17, 15) is 18.3 Å². The Kier molecular flexibility index (Phi) is 8.04. The van der Waals surface area contributed by atoms with Crippen molar-refractivity contribution in [3.05, 3.63) is 69.4 Å². The number of amides is 1. The number of quaternary nitrogens is 1. The van der Waals surface area contributed by atoms with Gasteiger partial charge < -0.3 is 9.67 Å². The lowest BCUT2D eigenvalue weighted by molar-refractivity contribution is -0.130. The molecule has 2 N–H and O–H groups in total. The van der Waals surface area contributed by atoms with Crippen molar-refractivity contribution in [2.75, 3.05) is 25.9 Å². The SMILES string of the molecule is C/N=c1\sc([N+]2(C(=O)CCS(=O)(=O)c3ccc4cc(Cl)ccc4c3)CCCCC2)c(C(O)c2cc(C)n[nH]2)n1C. The molecule has 4 aromatic rings. The van der Waals surface area contributed by atoms with E-state index in [0.717, 1.165) is 35.7 Å². The predicted molar refractivity (Wildman–Crippen MR) is 158 cm³/mol. The molecule has 1 unspecified atom stereocenters. The molecule has 1 saturated heterocycles. The number of aryl methyl sites for hydroxylation is 1. The third-order valence-electron chi connectivity index (χ3n) is 7.69. The minimum atomic E-state index is -3.73. The second kappa shape index (κ2) is 11.2. The maximum atomic E-state index is 14.1. The maximum absolute atomic E-state index is 14.1. The lowest BCUT2D eigenvalue weighted by Gasteiger charge is -2.38. The van der Waals surface area contributed by atoms with Gasteiger partial charge in [0.1, 0.15) is 11.8 Å². The summed E-state index contributed by atoms with van der Waals surface area (Å²) in [5.41, 5.74) is 1.84. The highest BCUT2D eigenvalue weighted by Crippen LogP contribution is 2.40. The molecule has 1 amide bonds. The number of halogens is 1. The zero-order valence-electron chi connectivity index (χ0n) is 22.7. The average Bonchev–Trinajstić information content (AvgIpc) is 3.54. The number of piperidine rings is 1. The number of aromatic amines is 1. The molecule has 12 heteroatoms. The Bertz CT molecular complexity index is 1750. The van der Waals surface area contributed by atoms with Crippen molar-refractivity contribution in [2.45, 2.75) is 43.6 Å². The van der Waals surface area contributed by atoms with Gasteiger partial charge in [-0.1, -0.05) is 23.7 Å². The Balaban J connectivity index is 1.50. The lowest BCUT2D eigenvalue weighted by Crippen LogP contribution is -2.57. The molecule has 0 bridgehead atoms. The van der Waals surface area contributed by atoms with E-state index in [-0.39, 0.29) is 27.5 Å². The molecule has 0 radical (unpaired) electrons. The van der Waals surface area contributed by atoms with E-state index in [1.165, 1.54) is 11.3 Å². The Morgan fingerprint density at radius 2 is 1.88 bits per heavy atom. The van der Waals surface area contributed by atoms with Gasteiger partial charge in [-0.2, -0.15) is 5.10 Å². The summed E-state index contributed by atoms with van der Waals surface area (Å²) in [6, 6.07) is 12.0. The summed E-state index contributed by atoms with van der Waals surface area (Å²) in [6.07, 6.45) is 1.45. The third-order valence-corrected chi connectivity index (χ3v) is 11.0. The molecule has 3 heterocycles. The lowest BCUT2D eigenvalue weighted by atomic mass is 10.0. The molecule has 0 spiro atoms. The number of hydrogen-bond acceptors (Lipinski definition) is 7. The van der Waals surface area contributed by atoms with Crippen LogP contribution in [0.25, 0.3) is 10.8 Å². The van der Waals surface area contributed by atoms with Crippen molar-refractivity contribution >= 4 is 54.5 Å². The first kappa shape index (κ1) is 28.7. The molecular weight excluding hydrogens is 570 g/mol. The van der Waals surface area contributed by atoms with E-state index in [0.29, 0.717) is 39.3 Å². The fourth-order valence-electron chi connectivity index (χ4n) is 5.55. The van der Waals surface area contributed by atoms with Crippen LogP contribution in [0.4, 0.5) is 5.00 Å². The Labute approximate surface area is 242 Å². The van der Waals surface area contributed by atoms with Gasteiger partial charge in [0, 0.05) is 19.1 Å². The van der Waals surface area contributed by atoms with Crippen LogP contribution in [-0.2, 0) is 21.7 Å². The van der Waals surface area contributed by atoms with E-state index in [2.05, 4.69) is 15.2 Å². The van der Waals surface area contributed by atoms with Crippen molar-refractivity contribution in [2.24, 2.45) is 12.0 Å². The number of fused-ring (bicyclic) bond motifs is 1. The van der Waals surface area contributed by atoms with Crippen LogP contribution >= 0.6 is 22.9 Å². The van der Waals surface area contributed by atoms with Crippen LogP contribution in [0.3, 0.4) is 0 Å². The van der Waals surface area contributed by atoms with Crippen LogP contribution < -0.4 is 9.28 Å². The molecule has 40 heavy (non-hydrogen) atoms. The standard InChI is InChI=1S/C28H33ClN5O4S2/c1-18-15-23(32-31-18)26(36)25-27(39-28(30-2)33(25)3)34(12-5-4-6-13-34)24(35)11-14-40(37,38)22-10-8-19-16-21(29)9-7-20(19)17-22/h7-10,15-17,26,36H,4-6,11-14H2,1-3H3,(H,31,32)/q+1/b30-28-. The number of rotatable bonds is 7. The molecule has 2 aromatic heterocycles. The van der Waals surface area contributed by atoms with E-state index < -0.39 is 15.9 Å². The highest BCUT2D eigenvalue weighted by molar-refractivity contribution is 7.91. The number of thiazole rings is 1. The Morgan fingerprint density at radius 3 is 2.55 bits per heavy atom. The topological polar surface area (TPSA) is 117 Å². The molecule has 212 valence electrons. The van der Waals surface area contributed by atoms with Crippen LogP contribution in [0, 0.1) is 6.92 Å². The number of aliphatic hydroxyl groups is 1. The summed E-state index contributed by atoms with van der Waals surface area (Å²) < 4.78 is 28.6. The number of carbonyl (C=O) groups excluding carboxylic acids is 1. The number of aromatic nitrogens is 3. The van der Waals surface area contributed by atoms with Gasteiger partial charge in [0.2, 0.25) is 5.00 Å². The summed E-state index contributed by atoms with van der Waals surface area (Å²) in [5.74, 6) is -0.472. The number of hydrogen-bond donors (Lipinski definition) is 2. The zero-order valence-corrected chi connectivity index (χ0v) is 25.1. The fraction of sp³-hybridized carbons (Fsp3) is 0.393. The highest BCUT2D eigenvalue weighted by atomic mass is 35.5. The number of carbonyl (C=O) groups is 1. The van der Waals surface area contributed by atoms with Crippen LogP contribution in [0.5, 0.6) is 0 Å². The zero-order chi connectivity index (χ0) is 28.7. The number of H-pyrrole nitrogens is 1. The first-order valence-electron chi connectivity index (χ1n) is 13.2. The van der Waals surface area contributed by atoms with Gasteiger partial charge in [-0.3, -0.25) is 10.1 Å². The fourth-order valence-corrected chi connectivity index (χ4v) is 8.30. The summed E-state index contributed by atoms with van der Waals surface area (Å²) >= 11 is 7.45. The molecule has 1 atom stereocenters. The van der Waals surface area contributed by atoms with Crippen LogP contribution in [0.15, 0.2) is 52.4 Å². The summed E-state index contributed by atoms with van der Waals surface area (Å²) in [4.78, 5) is 19.4. The number of likely N-dealkylation sites (tertiary alicyclic amines) is 1. The Morgan fingerprint density at radius 1 is 1.18 bits per heavy atom. The van der Waals surface area contributed by atoms with Gasteiger partial charge in [-0.25, -0.2) is 17.7 Å². The van der Waals surface area contributed by atoms with Crippen molar-refractivity contribution in [1.29, 1.82) is 0 Å². The third kappa shape index (κ3) is 5.28. The van der Waals surface area contributed by atoms with Crippen molar-refractivity contribution < 1.29 is 18.3 Å². The molecule has 1 aliphatic rings. The number of sulfone groups is 1. The van der Waals surface area contributed by atoms with Crippen molar-refractivity contribution in [3.8, 4) is 0 Å². The van der Waals surface area contributed by atoms with Gasteiger partial charge in [-0.15, -0.1) is 0 Å². The maximum Gasteiger partial charge on any atom is 0.320 e. The van der Waals surface area contributed by atoms with E-state index in [1.807, 2.05) is 18.5 Å². The quantitative estimate of drug-likeness (QED) is 0.304. The van der Waals surface area contributed by atoms with Gasteiger partial charge in [0.15, 0.2) is 14.6 Å². The van der Waals surface area contributed by atoms with Crippen LogP contribution in [-0.4, -0.2) is 60.1 Å². The van der Waals surface area contributed by atoms with E-state index >= 15 is 0 Å². The second-order valence-electron chi connectivity index (χ2n) is 10.3. The number of nitrogens with one attached hydrogen (secondary N) is 1. The monoisotopic (exact) mass is 602 g/mol. The minimum Gasteiger partial charge on any atom is -0.380 e. The predicted octanol–water partition coefficient (Wildman–Crippen LogP) is 4.42. The number of benzene rings is 2. The molecule has 5 rings (SSSR count). The molecular formula is C28H33ClN5O4S2+. The van der Waals surface area contributed by atoms with Crippen molar-refractivity contribution in [3.63, 3.8) is 0 Å². The Hall–Kier alpha value is -2.83.